The smallest absolute Gasteiger partial charge is 0.183 e. The summed E-state index contributed by atoms with van der Waals surface area (Å²) in [6.07, 6.45) is 3.06. The Kier molecular flexibility index (Phi) is 6.19. The average molecular weight is 552 g/mol. The molecule has 0 unspecified atom stereocenters. The summed E-state index contributed by atoms with van der Waals surface area (Å²) in [6.45, 7) is 0. The highest BCUT2D eigenvalue weighted by Crippen LogP contribution is 2.43. The topological polar surface area (TPSA) is 106 Å². The van der Waals surface area contributed by atoms with E-state index in [1.165, 1.54) is 11.8 Å². The Balaban J connectivity index is 1.29. The summed E-state index contributed by atoms with van der Waals surface area (Å²) >= 11 is 7.43. The lowest BCUT2D eigenvalue weighted by atomic mass is 9.79. The zero-order chi connectivity index (χ0) is 25.6. The molecule has 1 aliphatic carbocycles. The van der Waals surface area contributed by atoms with Crippen molar-refractivity contribution in [2.24, 2.45) is 0 Å². The van der Waals surface area contributed by atoms with E-state index >= 15 is 0 Å². The molecule has 2 heterocycles. The highest BCUT2D eigenvalue weighted by atomic mass is 35.5. The molecule has 0 amide bonds. The molecule has 1 fully saturated rings. The molecule has 0 bridgehead atoms. The predicted octanol–water partition coefficient (Wildman–Crippen LogP) is 6.18. The Labute approximate surface area is 222 Å². The lowest BCUT2D eigenvalue weighted by molar-refractivity contribution is 0.000278. The first kappa shape index (κ1) is 24.4. The molecule has 0 spiro atoms. The van der Waals surface area contributed by atoms with Gasteiger partial charge in [0.15, 0.2) is 15.4 Å². The van der Waals surface area contributed by atoms with Crippen LogP contribution in [0.4, 0.5) is 0 Å². The fourth-order valence-corrected chi connectivity index (χ4v) is 8.04. The first-order chi connectivity index (χ1) is 17.8. The molecular weight excluding hydrogens is 530 g/mol. The van der Waals surface area contributed by atoms with Crippen LogP contribution in [0.3, 0.4) is 0 Å². The third kappa shape index (κ3) is 4.40. The number of nitrogens with zero attached hydrogens (tertiary/aromatic N) is 3. The number of halogens is 1. The quantitative estimate of drug-likeness (QED) is 0.276. The van der Waals surface area contributed by atoms with Gasteiger partial charge in [-0.25, -0.2) is 13.0 Å². The van der Waals surface area contributed by atoms with Crippen LogP contribution in [0.15, 0.2) is 92.2 Å². The number of fused-ring (bicyclic) bond motifs is 2. The van der Waals surface area contributed by atoms with Crippen molar-refractivity contribution in [3.63, 3.8) is 0 Å². The molecule has 5 aromatic rings. The van der Waals surface area contributed by atoms with E-state index in [-0.39, 0.29) is 10.4 Å². The van der Waals surface area contributed by atoms with Crippen molar-refractivity contribution in [2.45, 2.75) is 51.2 Å². The number of benzene rings is 3. The minimum absolute atomic E-state index is 0.103. The zero-order valence-corrected chi connectivity index (χ0v) is 21.9. The van der Waals surface area contributed by atoms with Gasteiger partial charge in [0, 0.05) is 26.4 Å². The second kappa shape index (κ2) is 9.40. The lowest BCUT2D eigenvalue weighted by Gasteiger charge is -2.36. The summed E-state index contributed by atoms with van der Waals surface area (Å²) in [4.78, 5) is 6.25. The van der Waals surface area contributed by atoms with E-state index in [1.54, 1.807) is 42.6 Å². The molecule has 2 aromatic heterocycles. The van der Waals surface area contributed by atoms with Crippen LogP contribution in [0.25, 0.3) is 21.9 Å². The summed E-state index contributed by atoms with van der Waals surface area (Å²) in [6, 6.07) is 20.2. The Bertz CT molecular complexity index is 1710. The maximum atomic E-state index is 13.7. The minimum atomic E-state index is -3.74. The van der Waals surface area contributed by atoms with Gasteiger partial charge in [-0.05, 0) is 78.0 Å². The average Bonchev–Trinajstić information content (AvgIpc) is 3.40. The van der Waals surface area contributed by atoms with Gasteiger partial charge in [0.1, 0.15) is 5.52 Å². The largest absolute Gasteiger partial charge is 0.385 e. The Morgan fingerprint density at radius 2 is 1.59 bits per heavy atom. The van der Waals surface area contributed by atoms with Crippen LogP contribution in [0.5, 0.6) is 0 Å². The Morgan fingerprint density at radius 1 is 0.892 bits per heavy atom. The summed E-state index contributed by atoms with van der Waals surface area (Å²) < 4.78 is 32.4. The van der Waals surface area contributed by atoms with Crippen molar-refractivity contribution in [3.05, 3.63) is 83.5 Å². The van der Waals surface area contributed by atoms with E-state index in [0.717, 1.165) is 26.3 Å². The molecule has 37 heavy (non-hydrogen) atoms. The van der Waals surface area contributed by atoms with Gasteiger partial charge in [-0.15, -0.1) is 0 Å². The molecule has 6 rings (SSSR count). The van der Waals surface area contributed by atoms with E-state index in [2.05, 4.69) is 15.3 Å². The van der Waals surface area contributed by atoms with Crippen molar-refractivity contribution in [3.8, 4) is 0 Å². The number of sulfone groups is 1. The van der Waals surface area contributed by atoms with E-state index in [9.17, 15) is 13.5 Å². The van der Waals surface area contributed by atoms with Crippen molar-refractivity contribution in [1.29, 1.82) is 0 Å². The molecule has 0 atom stereocenters. The third-order valence-electron chi connectivity index (χ3n) is 7.04. The van der Waals surface area contributed by atoms with Crippen LogP contribution in [0, 0.1) is 0 Å². The summed E-state index contributed by atoms with van der Waals surface area (Å²) in [5.74, 6) is 0. The molecule has 0 aliphatic heterocycles. The van der Waals surface area contributed by atoms with Crippen LogP contribution in [0.2, 0.25) is 5.02 Å². The number of aliphatic hydroxyl groups is 1. The maximum absolute atomic E-state index is 13.7. The SMILES string of the molecule is O=S(=O)(c1ccc(Sc2cccc3cccnc23)c2nonc12)C1CCC(O)(c2ccc(Cl)cc2)CC1. The molecule has 1 saturated carbocycles. The highest BCUT2D eigenvalue weighted by molar-refractivity contribution is 7.99. The Morgan fingerprint density at radius 3 is 2.38 bits per heavy atom. The second-order valence-corrected chi connectivity index (χ2v) is 13.0. The highest BCUT2D eigenvalue weighted by Gasteiger charge is 2.41. The summed E-state index contributed by atoms with van der Waals surface area (Å²) in [5.41, 5.74) is 1.14. The fourth-order valence-electron chi connectivity index (χ4n) is 5.02. The molecular formula is C27H22ClN3O4S2. The van der Waals surface area contributed by atoms with E-state index in [0.29, 0.717) is 36.2 Å². The summed E-state index contributed by atoms with van der Waals surface area (Å²) in [7, 11) is -3.74. The van der Waals surface area contributed by atoms with Gasteiger partial charge < -0.3 is 5.11 Å². The number of aromatic nitrogens is 3. The number of hydrogen-bond acceptors (Lipinski definition) is 8. The minimum Gasteiger partial charge on any atom is -0.385 e. The number of pyridine rings is 1. The molecule has 0 radical (unpaired) electrons. The molecule has 188 valence electrons. The van der Waals surface area contributed by atoms with Crippen LogP contribution < -0.4 is 0 Å². The van der Waals surface area contributed by atoms with Crippen molar-refractivity contribution >= 4 is 55.1 Å². The van der Waals surface area contributed by atoms with E-state index < -0.39 is 20.7 Å². The molecule has 0 saturated heterocycles. The molecule has 1 N–H and O–H groups in total. The van der Waals surface area contributed by atoms with Crippen molar-refractivity contribution in [1.82, 2.24) is 15.3 Å². The van der Waals surface area contributed by atoms with E-state index in [1.807, 2.05) is 30.3 Å². The van der Waals surface area contributed by atoms with Crippen LogP contribution in [0.1, 0.15) is 31.2 Å². The number of hydrogen-bond donors (Lipinski definition) is 1. The van der Waals surface area contributed by atoms with Gasteiger partial charge >= 0.3 is 0 Å². The van der Waals surface area contributed by atoms with Gasteiger partial charge in [-0.1, -0.05) is 53.7 Å². The number of para-hydroxylation sites is 1. The second-order valence-electron chi connectivity index (χ2n) is 9.24. The van der Waals surface area contributed by atoms with Gasteiger partial charge in [0.25, 0.3) is 0 Å². The summed E-state index contributed by atoms with van der Waals surface area (Å²) in [5, 5.41) is 20.2. The fraction of sp³-hybridized carbons (Fsp3) is 0.222. The van der Waals surface area contributed by atoms with Gasteiger partial charge in [-0.3, -0.25) is 4.98 Å². The standard InChI is InChI=1S/C27H22ClN3O4S2/c28-19-8-6-18(7-9-19)27(32)14-12-20(13-15-27)37(33,34)23-11-10-22(25-26(23)31-35-30-25)36-21-5-1-3-17-4-2-16-29-24(17)21/h1-11,16,20,32H,12-15H2. The normalized spacial score (nSPS) is 20.4. The first-order valence-electron chi connectivity index (χ1n) is 11.8. The van der Waals surface area contributed by atoms with Crippen molar-refractivity contribution in [2.75, 3.05) is 0 Å². The van der Waals surface area contributed by atoms with Crippen LogP contribution >= 0.6 is 23.4 Å². The zero-order valence-electron chi connectivity index (χ0n) is 19.5. The van der Waals surface area contributed by atoms with Crippen molar-refractivity contribution < 1.29 is 18.2 Å². The van der Waals surface area contributed by atoms with Crippen LogP contribution in [-0.4, -0.2) is 34.1 Å². The predicted molar refractivity (Wildman–Crippen MR) is 142 cm³/mol. The molecule has 7 nitrogen and oxygen atoms in total. The molecule has 3 aromatic carbocycles. The molecule has 1 aliphatic rings. The monoisotopic (exact) mass is 551 g/mol. The van der Waals surface area contributed by atoms with Gasteiger partial charge in [0.2, 0.25) is 0 Å². The maximum Gasteiger partial charge on any atom is 0.183 e. The van der Waals surface area contributed by atoms with Crippen LogP contribution in [-0.2, 0) is 15.4 Å². The first-order valence-corrected chi connectivity index (χ1v) is 14.6. The Hall–Kier alpha value is -2.98. The van der Waals surface area contributed by atoms with Gasteiger partial charge in [0.05, 0.1) is 21.3 Å². The number of rotatable bonds is 5. The lowest BCUT2D eigenvalue weighted by Crippen LogP contribution is -2.36. The third-order valence-corrected chi connectivity index (χ3v) is 10.7. The molecule has 10 heteroatoms. The van der Waals surface area contributed by atoms with E-state index in [4.69, 9.17) is 16.2 Å². The van der Waals surface area contributed by atoms with Gasteiger partial charge in [-0.2, -0.15) is 0 Å².